The number of likely N-dealkylation sites (tertiary alicyclic amines) is 1. The van der Waals surface area contributed by atoms with Gasteiger partial charge in [0.15, 0.2) is 0 Å². The highest BCUT2D eigenvalue weighted by Gasteiger charge is 2.28. The van der Waals surface area contributed by atoms with E-state index in [0.29, 0.717) is 5.95 Å². The van der Waals surface area contributed by atoms with E-state index in [0.717, 1.165) is 47.6 Å². The molecule has 1 N–H and O–H groups in total. The molecule has 1 fully saturated rings. The van der Waals surface area contributed by atoms with E-state index in [1.165, 1.54) is 4.88 Å². The van der Waals surface area contributed by atoms with Gasteiger partial charge in [0.25, 0.3) is 5.91 Å². The number of thiophene rings is 1. The van der Waals surface area contributed by atoms with Crippen LogP contribution in [-0.2, 0) is 0 Å². The van der Waals surface area contributed by atoms with Crippen LogP contribution in [0.15, 0.2) is 42.9 Å². The molecule has 0 spiro atoms. The van der Waals surface area contributed by atoms with Crippen LogP contribution in [0.2, 0.25) is 0 Å². The number of carbonyl (C=O) groups is 1. The summed E-state index contributed by atoms with van der Waals surface area (Å²) >= 11 is 1.57. The van der Waals surface area contributed by atoms with E-state index in [1.54, 1.807) is 23.7 Å². The SMILES string of the molecule is Cc1ccc(C(=O)N2CCC(c3nc(NC(C)C)ncc3-c3ccncc3)CC2)s1. The van der Waals surface area contributed by atoms with Crippen molar-refractivity contribution in [2.75, 3.05) is 18.4 Å². The minimum Gasteiger partial charge on any atom is -0.352 e. The molecular formula is C23H27N5OS. The van der Waals surface area contributed by atoms with Gasteiger partial charge in [-0.25, -0.2) is 9.97 Å². The Morgan fingerprint density at radius 1 is 1.17 bits per heavy atom. The standard InChI is InChI=1S/C23H27N5OS/c1-15(2)26-23-25-14-19(17-6-10-24-11-7-17)21(27-23)18-8-12-28(13-9-18)22(29)20-5-4-16(3)30-20/h4-7,10-11,14-15,18H,8-9,12-13H2,1-3H3,(H,25,26,27). The Bertz CT molecular complexity index is 1010. The first-order chi connectivity index (χ1) is 14.5. The number of aryl methyl sites for hydroxylation is 1. The third-order valence-corrected chi connectivity index (χ3v) is 6.34. The van der Waals surface area contributed by atoms with Crippen LogP contribution >= 0.6 is 11.3 Å². The lowest BCUT2D eigenvalue weighted by atomic mass is 9.89. The molecule has 6 nitrogen and oxygen atoms in total. The lowest BCUT2D eigenvalue weighted by molar-refractivity contribution is 0.0717. The van der Waals surface area contributed by atoms with Crippen molar-refractivity contribution in [1.29, 1.82) is 0 Å². The van der Waals surface area contributed by atoms with E-state index >= 15 is 0 Å². The van der Waals surface area contributed by atoms with Crippen LogP contribution in [0.4, 0.5) is 5.95 Å². The zero-order chi connectivity index (χ0) is 21.1. The van der Waals surface area contributed by atoms with E-state index in [1.807, 2.05) is 42.3 Å². The van der Waals surface area contributed by atoms with Gasteiger partial charge in [0.05, 0.1) is 10.6 Å². The first-order valence-electron chi connectivity index (χ1n) is 10.4. The fourth-order valence-electron chi connectivity index (χ4n) is 3.85. The van der Waals surface area contributed by atoms with E-state index in [-0.39, 0.29) is 17.9 Å². The predicted molar refractivity (Wildman–Crippen MR) is 121 cm³/mol. The van der Waals surface area contributed by atoms with E-state index in [2.05, 4.69) is 29.1 Å². The summed E-state index contributed by atoms with van der Waals surface area (Å²) in [6, 6.07) is 8.20. The number of amides is 1. The number of piperidine rings is 1. The summed E-state index contributed by atoms with van der Waals surface area (Å²) in [5.41, 5.74) is 3.17. The van der Waals surface area contributed by atoms with Gasteiger partial charge in [-0.1, -0.05) is 0 Å². The maximum absolute atomic E-state index is 12.8. The first-order valence-corrected chi connectivity index (χ1v) is 11.2. The van der Waals surface area contributed by atoms with Crippen molar-refractivity contribution in [3.8, 4) is 11.1 Å². The van der Waals surface area contributed by atoms with E-state index < -0.39 is 0 Å². The fourth-order valence-corrected chi connectivity index (χ4v) is 4.68. The van der Waals surface area contributed by atoms with Crippen LogP contribution in [0.5, 0.6) is 0 Å². The molecule has 0 aromatic carbocycles. The highest BCUT2D eigenvalue weighted by molar-refractivity contribution is 7.13. The first kappa shape index (κ1) is 20.5. The second kappa shape index (κ2) is 8.92. The van der Waals surface area contributed by atoms with Gasteiger partial charge >= 0.3 is 0 Å². The van der Waals surface area contributed by atoms with Crippen LogP contribution < -0.4 is 5.32 Å². The molecule has 1 saturated heterocycles. The largest absolute Gasteiger partial charge is 0.352 e. The second-order valence-electron chi connectivity index (χ2n) is 8.00. The number of pyridine rings is 1. The Kier molecular flexibility index (Phi) is 6.08. The summed E-state index contributed by atoms with van der Waals surface area (Å²) in [5, 5.41) is 3.32. The molecule has 0 radical (unpaired) electrons. The number of aromatic nitrogens is 3. The van der Waals surface area contributed by atoms with Crippen LogP contribution in [0.1, 0.15) is 52.8 Å². The monoisotopic (exact) mass is 421 g/mol. The molecule has 3 aromatic rings. The zero-order valence-electron chi connectivity index (χ0n) is 17.6. The van der Waals surface area contributed by atoms with Crippen molar-refractivity contribution in [2.45, 2.75) is 45.6 Å². The van der Waals surface area contributed by atoms with Gasteiger partial charge < -0.3 is 10.2 Å². The molecule has 1 aliphatic rings. The molecule has 4 heterocycles. The van der Waals surface area contributed by atoms with Gasteiger partial charge in [0.1, 0.15) is 0 Å². The minimum absolute atomic E-state index is 0.144. The Labute approximate surface area is 181 Å². The second-order valence-corrected chi connectivity index (χ2v) is 9.29. The van der Waals surface area contributed by atoms with E-state index in [4.69, 9.17) is 4.98 Å². The van der Waals surface area contributed by atoms with Crippen LogP contribution in [0, 0.1) is 6.92 Å². The van der Waals surface area contributed by atoms with Crippen molar-refractivity contribution < 1.29 is 4.79 Å². The molecule has 0 bridgehead atoms. The van der Waals surface area contributed by atoms with Crippen molar-refractivity contribution in [2.24, 2.45) is 0 Å². The number of rotatable bonds is 5. The Morgan fingerprint density at radius 3 is 2.53 bits per heavy atom. The number of nitrogens with one attached hydrogen (secondary N) is 1. The Balaban J connectivity index is 1.56. The molecule has 0 saturated carbocycles. The number of anilines is 1. The number of hydrogen-bond donors (Lipinski definition) is 1. The third kappa shape index (κ3) is 4.51. The quantitative estimate of drug-likeness (QED) is 0.644. The van der Waals surface area contributed by atoms with E-state index in [9.17, 15) is 4.79 Å². The van der Waals surface area contributed by atoms with Crippen molar-refractivity contribution in [1.82, 2.24) is 19.9 Å². The molecule has 1 amide bonds. The lowest BCUT2D eigenvalue weighted by Crippen LogP contribution is -2.37. The minimum atomic E-state index is 0.144. The molecule has 30 heavy (non-hydrogen) atoms. The summed E-state index contributed by atoms with van der Waals surface area (Å²) in [5.74, 6) is 1.09. The summed E-state index contributed by atoms with van der Waals surface area (Å²) < 4.78 is 0. The summed E-state index contributed by atoms with van der Waals surface area (Å²) in [6.45, 7) is 7.68. The highest BCUT2D eigenvalue weighted by Crippen LogP contribution is 2.35. The fraction of sp³-hybridized carbons (Fsp3) is 0.391. The molecule has 1 aliphatic heterocycles. The van der Waals surface area contributed by atoms with Crippen molar-refractivity contribution >= 4 is 23.2 Å². The number of carbonyl (C=O) groups excluding carboxylic acids is 1. The number of nitrogens with zero attached hydrogens (tertiary/aromatic N) is 4. The summed E-state index contributed by atoms with van der Waals surface area (Å²) in [4.78, 5) is 30.3. The van der Waals surface area contributed by atoms with Gasteiger partial charge in [-0.3, -0.25) is 9.78 Å². The van der Waals surface area contributed by atoms with Crippen molar-refractivity contribution in [3.05, 3.63) is 58.3 Å². The van der Waals surface area contributed by atoms with Gasteiger partial charge in [-0.2, -0.15) is 0 Å². The molecule has 0 atom stereocenters. The molecule has 3 aromatic heterocycles. The highest BCUT2D eigenvalue weighted by atomic mass is 32.1. The molecule has 7 heteroatoms. The maximum atomic E-state index is 12.8. The average Bonchev–Trinajstić information content (AvgIpc) is 3.20. The van der Waals surface area contributed by atoms with Crippen LogP contribution in [0.25, 0.3) is 11.1 Å². The predicted octanol–water partition coefficient (Wildman–Crippen LogP) is 4.75. The molecule has 0 aliphatic carbocycles. The molecule has 4 rings (SSSR count). The smallest absolute Gasteiger partial charge is 0.263 e. The molecular weight excluding hydrogens is 394 g/mol. The zero-order valence-corrected chi connectivity index (χ0v) is 18.4. The topological polar surface area (TPSA) is 71.0 Å². The Morgan fingerprint density at radius 2 is 1.90 bits per heavy atom. The average molecular weight is 422 g/mol. The van der Waals surface area contributed by atoms with Crippen molar-refractivity contribution in [3.63, 3.8) is 0 Å². The normalized spacial score (nSPS) is 14.9. The molecule has 0 unspecified atom stereocenters. The van der Waals surface area contributed by atoms with Crippen LogP contribution in [0.3, 0.4) is 0 Å². The summed E-state index contributed by atoms with van der Waals surface area (Å²) in [7, 11) is 0. The number of hydrogen-bond acceptors (Lipinski definition) is 6. The van der Waals surface area contributed by atoms with Gasteiger partial charge in [0, 0.05) is 54.1 Å². The van der Waals surface area contributed by atoms with Crippen LogP contribution in [-0.4, -0.2) is 44.9 Å². The lowest BCUT2D eigenvalue weighted by Gasteiger charge is -2.32. The van der Waals surface area contributed by atoms with Gasteiger partial charge in [-0.15, -0.1) is 11.3 Å². The molecule has 156 valence electrons. The van der Waals surface area contributed by atoms with Gasteiger partial charge in [0.2, 0.25) is 5.95 Å². The summed E-state index contributed by atoms with van der Waals surface area (Å²) in [6.07, 6.45) is 7.29. The maximum Gasteiger partial charge on any atom is 0.263 e. The third-order valence-electron chi connectivity index (χ3n) is 5.35. The van der Waals surface area contributed by atoms with Gasteiger partial charge in [-0.05, 0) is 63.4 Å². The Hall–Kier alpha value is -2.80.